The van der Waals surface area contributed by atoms with Gasteiger partial charge in [-0.15, -0.1) is 0 Å². The van der Waals surface area contributed by atoms with Crippen LogP contribution in [0.5, 0.6) is 0 Å². The number of aromatic nitrogens is 3. The molecule has 2 saturated carbocycles. The van der Waals surface area contributed by atoms with Gasteiger partial charge >= 0.3 is 5.97 Å². The predicted molar refractivity (Wildman–Crippen MR) is 122 cm³/mol. The minimum Gasteiger partial charge on any atom is -0.478 e. The van der Waals surface area contributed by atoms with Gasteiger partial charge < -0.3 is 14.2 Å². The SMILES string of the molecule is Cc1noc(C)c1-c1cnc2c(c1)c(-c1cccc(C(=O)O)c1)cn2C(C1CC1)C1CC1. The number of rotatable bonds is 6. The lowest BCUT2D eigenvalue weighted by molar-refractivity contribution is 0.0697. The molecule has 6 heteroatoms. The molecule has 1 aromatic carbocycles. The maximum absolute atomic E-state index is 11.6. The van der Waals surface area contributed by atoms with Crippen LogP contribution in [0.15, 0.2) is 47.2 Å². The molecule has 0 unspecified atom stereocenters. The summed E-state index contributed by atoms with van der Waals surface area (Å²) < 4.78 is 7.77. The van der Waals surface area contributed by atoms with Gasteiger partial charge in [-0.2, -0.15) is 0 Å². The zero-order chi connectivity index (χ0) is 22.0. The minimum atomic E-state index is -0.918. The van der Waals surface area contributed by atoms with Crippen molar-refractivity contribution in [3.63, 3.8) is 0 Å². The maximum Gasteiger partial charge on any atom is 0.335 e. The lowest BCUT2D eigenvalue weighted by Gasteiger charge is -2.18. The molecule has 2 fully saturated rings. The average molecular weight is 428 g/mol. The van der Waals surface area contributed by atoms with E-state index in [4.69, 9.17) is 9.51 Å². The molecule has 1 N–H and O–H groups in total. The van der Waals surface area contributed by atoms with E-state index in [1.165, 1.54) is 25.7 Å². The number of carboxylic acids is 1. The Bertz CT molecular complexity index is 1330. The molecule has 6 rings (SSSR count). The standard InChI is InChI=1S/C26H25N3O3/c1-14-23(15(2)32-28-14)20-11-21-22(18-4-3-5-19(10-18)26(30)31)13-29(25(21)27-12-20)24(16-6-7-16)17-8-9-17/h3-5,10-13,16-17,24H,6-9H2,1-2H3,(H,30,31). The predicted octanol–water partition coefficient (Wildman–Crippen LogP) is 6.03. The molecule has 3 aromatic heterocycles. The van der Waals surface area contributed by atoms with Crippen molar-refractivity contribution in [1.29, 1.82) is 0 Å². The highest BCUT2D eigenvalue weighted by Crippen LogP contribution is 2.53. The average Bonchev–Trinajstić information content (AvgIpc) is 3.71. The maximum atomic E-state index is 11.6. The quantitative estimate of drug-likeness (QED) is 0.406. The van der Waals surface area contributed by atoms with E-state index in [2.05, 4.69) is 22.0 Å². The molecule has 2 aliphatic carbocycles. The smallest absolute Gasteiger partial charge is 0.335 e. The summed E-state index contributed by atoms with van der Waals surface area (Å²) in [5, 5.41) is 14.7. The van der Waals surface area contributed by atoms with Crippen molar-refractivity contribution >= 4 is 17.0 Å². The fraction of sp³-hybridized carbons (Fsp3) is 0.346. The zero-order valence-corrected chi connectivity index (χ0v) is 18.2. The van der Waals surface area contributed by atoms with Gasteiger partial charge in [-0.25, -0.2) is 9.78 Å². The summed E-state index contributed by atoms with van der Waals surface area (Å²) in [6, 6.07) is 9.82. The van der Waals surface area contributed by atoms with E-state index in [0.717, 1.165) is 56.6 Å². The number of hydrogen-bond acceptors (Lipinski definition) is 4. The summed E-state index contributed by atoms with van der Waals surface area (Å²) in [6.45, 7) is 3.85. The second-order valence-corrected chi connectivity index (χ2v) is 9.30. The topological polar surface area (TPSA) is 81.2 Å². The van der Waals surface area contributed by atoms with Crippen molar-refractivity contribution < 1.29 is 14.4 Å². The number of benzene rings is 1. The molecule has 0 saturated heterocycles. The first kappa shape index (κ1) is 19.3. The Kier molecular flexibility index (Phi) is 4.25. The van der Waals surface area contributed by atoms with Gasteiger partial charge in [0, 0.05) is 40.5 Å². The molecule has 0 atom stereocenters. The van der Waals surface area contributed by atoms with Crippen LogP contribution in [0.3, 0.4) is 0 Å². The molecule has 0 spiro atoms. The third-order valence-electron chi connectivity index (χ3n) is 6.94. The lowest BCUT2D eigenvalue weighted by Crippen LogP contribution is -2.13. The van der Waals surface area contributed by atoms with Gasteiger partial charge in [0.15, 0.2) is 0 Å². The highest BCUT2D eigenvalue weighted by atomic mass is 16.5. The normalized spacial score (nSPS) is 16.2. The van der Waals surface area contributed by atoms with Gasteiger partial charge in [0.2, 0.25) is 0 Å². The highest BCUT2D eigenvalue weighted by molar-refractivity contribution is 5.98. The van der Waals surface area contributed by atoms with Gasteiger partial charge in [0.25, 0.3) is 0 Å². The summed E-state index contributed by atoms with van der Waals surface area (Å²) in [5.74, 6) is 1.30. The Hall–Kier alpha value is -3.41. The van der Waals surface area contributed by atoms with Crippen LogP contribution in [0.25, 0.3) is 33.3 Å². The molecular formula is C26H25N3O3. The highest BCUT2D eigenvalue weighted by Gasteiger charge is 2.43. The Morgan fingerprint density at radius 3 is 2.50 bits per heavy atom. The van der Waals surface area contributed by atoms with Gasteiger partial charge in [-0.3, -0.25) is 0 Å². The first-order valence-corrected chi connectivity index (χ1v) is 11.3. The van der Waals surface area contributed by atoms with Crippen molar-refractivity contribution in [2.45, 2.75) is 45.6 Å². The molecule has 0 bridgehead atoms. The summed E-state index contributed by atoms with van der Waals surface area (Å²) in [5.41, 5.74) is 5.97. The van der Waals surface area contributed by atoms with Crippen LogP contribution in [0, 0.1) is 25.7 Å². The van der Waals surface area contributed by atoms with Crippen molar-refractivity contribution in [1.82, 2.24) is 14.7 Å². The number of aromatic carboxylic acids is 1. The van der Waals surface area contributed by atoms with E-state index in [-0.39, 0.29) is 0 Å². The number of aryl methyl sites for hydroxylation is 2. The Morgan fingerprint density at radius 1 is 1.12 bits per heavy atom. The number of nitrogens with zero attached hydrogens (tertiary/aromatic N) is 3. The Balaban J connectivity index is 1.58. The molecule has 0 aliphatic heterocycles. The van der Waals surface area contributed by atoms with Crippen LogP contribution in [-0.4, -0.2) is 25.8 Å². The molecule has 6 nitrogen and oxygen atoms in total. The fourth-order valence-electron chi connectivity index (χ4n) is 5.15. The first-order chi connectivity index (χ1) is 15.5. The molecule has 0 amide bonds. The van der Waals surface area contributed by atoms with Crippen LogP contribution in [0.4, 0.5) is 0 Å². The third-order valence-corrected chi connectivity index (χ3v) is 6.94. The molecule has 2 aliphatic rings. The summed E-state index contributed by atoms with van der Waals surface area (Å²) >= 11 is 0. The van der Waals surface area contributed by atoms with Crippen molar-refractivity contribution in [3.8, 4) is 22.3 Å². The summed E-state index contributed by atoms with van der Waals surface area (Å²) in [6.07, 6.45) is 9.24. The van der Waals surface area contributed by atoms with E-state index in [0.29, 0.717) is 11.6 Å². The lowest BCUT2D eigenvalue weighted by atomic mass is 10.0. The van der Waals surface area contributed by atoms with E-state index in [1.807, 2.05) is 32.2 Å². The minimum absolute atomic E-state index is 0.291. The summed E-state index contributed by atoms with van der Waals surface area (Å²) in [4.78, 5) is 16.5. The zero-order valence-electron chi connectivity index (χ0n) is 18.2. The molecule has 0 radical (unpaired) electrons. The first-order valence-electron chi connectivity index (χ1n) is 11.3. The molecule has 162 valence electrons. The number of pyridine rings is 1. The largest absolute Gasteiger partial charge is 0.478 e. The van der Waals surface area contributed by atoms with Crippen LogP contribution in [0.1, 0.15) is 53.5 Å². The van der Waals surface area contributed by atoms with Crippen LogP contribution < -0.4 is 0 Å². The number of hydrogen-bond donors (Lipinski definition) is 1. The van der Waals surface area contributed by atoms with Gasteiger partial charge in [0.05, 0.1) is 11.3 Å². The van der Waals surface area contributed by atoms with E-state index in [9.17, 15) is 9.90 Å². The second-order valence-electron chi connectivity index (χ2n) is 9.30. The molecular weight excluding hydrogens is 402 g/mol. The van der Waals surface area contributed by atoms with Crippen LogP contribution >= 0.6 is 0 Å². The monoisotopic (exact) mass is 427 g/mol. The van der Waals surface area contributed by atoms with E-state index >= 15 is 0 Å². The van der Waals surface area contributed by atoms with Crippen LogP contribution in [0.2, 0.25) is 0 Å². The Labute approximate surface area is 185 Å². The summed E-state index contributed by atoms with van der Waals surface area (Å²) in [7, 11) is 0. The number of fused-ring (bicyclic) bond motifs is 1. The van der Waals surface area contributed by atoms with Gasteiger partial charge in [0.1, 0.15) is 11.4 Å². The molecule has 32 heavy (non-hydrogen) atoms. The van der Waals surface area contributed by atoms with E-state index in [1.54, 1.807) is 12.1 Å². The van der Waals surface area contributed by atoms with Crippen molar-refractivity contribution in [3.05, 3.63) is 59.7 Å². The van der Waals surface area contributed by atoms with E-state index < -0.39 is 5.97 Å². The van der Waals surface area contributed by atoms with Crippen molar-refractivity contribution in [2.75, 3.05) is 0 Å². The van der Waals surface area contributed by atoms with Gasteiger partial charge in [-0.05, 0) is 75.1 Å². The number of carboxylic acid groups (broad SMARTS) is 1. The fourth-order valence-corrected chi connectivity index (χ4v) is 5.15. The van der Waals surface area contributed by atoms with Crippen LogP contribution in [-0.2, 0) is 0 Å². The van der Waals surface area contributed by atoms with Gasteiger partial charge in [-0.1, -0.05) is 17.3 Å². The molecule has 4 aromatic rings. The molecule has 3 heterocycles. The number of carbonyl (C=O) groups is 1. The Morgan fingerprint density at radius 2 is 1.88 bits per heavy atom. The third kappa shape index (κ3) is 3.13. The second kappa shape index (κ2) is 7.05. The van der Waals surface area contributed by atoms with Crippen molar-refractivity contribution in [2.24, 2.45) is 11.8 Å².